The number of fused-ring (bicyclic) bond motifs is 1. The molecule has 0 aliphatic carbocycles. The van der Waals surface area contributed by atoms with E-state index in [4.69, 9.17) is 0 Å². The van der Waals surface area contributed by atoms with E-state index in [1.54, 1.807) is 12.3 Å². The third kappa shape index (κ3) is 3.77. The summed E-state index contributed by atoms with van der Waals surface area (Å²) in [5.41, 5.74) is 5.01. The van der Waals surface area contributed by atoms with Gasteiger partial charge in [-0.05, 0) is 25.1 Å². The molecule has 7 heteroatoms. The van der Waals surface area contributed by atoms with Gasteiger partial charge in [-0.2, -0.15) is 5.10 Å². The first-order valence-electron chi connectivity index (χ1n) is 7.98. The topological polar surface area (TPSA) is 86.3 Å². The van der Waals surface area contributed by atoms with Crippen molar-refractivity contribution in [2.75, 3.05) is 6.54 Å². The lowest BCUT2D eigenvalue weighted by Gasteiger charge is -2.05. The Balaban J connectivity index is 1.57. The smallest absolute Gasteiger partial charge is 0.259 e. The minimum atomic E-state index is -0.658. The van der Waals surface area contributed by atoms with Gasteiger partial charge in [-0.3, -0.25) is 9.59 Å². The third-order valence-corrected chi connectivity index (χ3v) is 3.85. The van der Waals surface area contributed by atoms with Gasteiger partial charge in [-0.25, -0.2) is 9.82 Å². The number of para-hydroxylation sites is 1. The second-order valence-corrected chi connectivity index (χ2v) is 5.66. The van der Waals surface area contributed by atoms with Crippen molar-refractivity contribution in [3.8, 4) is 0 Å². The van der Waals surface area contributed by atoms with Crippen LogP contribution < -0.4 is 10.7 Å². The molecule has 2 aromatic carbocycles. The maximum atomic E-state index is 13.5. The summed E-state index contributed by atoms with van der Waals surface area (Å²) in [5, 5.41) is 7.27. The zero-order chi connectivity index (χ0) is 18.5. The number of aryl methyl sites for hydroxylation is 1. The molecular weight excluding hydrogens is 335 g/mol. The molecule has 6 nitrogen and oxygen atoms in total. The number of amides is 2. The average molecular weight is 352 g/mol. The number of nitrogens with one attached hydrogen (secondary N) is 3. The van der Waals surface area contributed by atoms with Crippen molar-refractivity contribution >= 4 is 28.9 Å². The summed E-state index contributed by atoms with van der Waals surface area (Å²) in [5.74, 6) is -1.81. The first-order valence-corrected chi connectivity index (χ1v) is 7.98. The number of rotatable bonds is 5. The van der Waals surface area contributed by atoms with E-state index in [9.17, 15) is 14.0 Å². The Hall–Kier alpha value is -3.48. The van der Waals surface area contributed by atoms with Crippen molar-refractivity contribution < 1.29 is 14.0 Å². The molecule has 0 bridgehead atoms. The molecule has 0 atom stereocenters. The highest BCUT2D eigenvalue weighted by atomic mass is 19.1. The van der Waals surface area contributed by atoms with E-state index in [-0.39, 0.29) is 12.1 Å². The molecule has 0 unspecified atom stereocenters. The molecule has 0 radical (unpaired) electrons. The maximum Gasteiger partial charge on any atom is 0.259 e. The van der Waals surface area contributed by atoms with Crippen LogP contribution in [0.4, 0.5) is 4.39 Å². The van der Waals surface area contributed by atoms with Crippen LogP contribution in [0.1, 0.15) is 21.6 Å². The Bertz CT molecular complexity index is 994. The molecule has 0 spiro atoms. The second kappa shape index (κ2) is 7.60. The van der Waals surface area contributed by atoms with E-state index < -0.39 is 17.6 Å². The molecule has 0 aliphatic heterocycles. The first kappa shape index (κ1) is 17.3. The van der Waals surface area contributed by atoms with Crippen LogP contribution in [0.25, 0.3) is 10.9 Å². The largest absolute Gasteiger partial charge is 0.358 e. The highest BCUT2D eigenvalue weighted by Gasteiger charge is 2.11. The monoisotopic (exact) mass is 352 g/mol. The molecule has 0 saturated carbocycles. The van der Waals surface area contributed by atoms with E-state index >= 15 is 0 Å². The molecule has 3 aromatic rings. The van der Waals surface area contributed by atoms with Gasteiger partial charge in [0, 0.05) is 22.2 Å². The third-order valence-electron chi connectivity index (χ3n) is 3.85. The summed E-state index contributed by atoms with van der Waals surface area (Å²) < 4.78 is 13.5. The van der Waals surface area contributed by atoms with Crippen LogP contribution in [-0.4, -0.2) is 29.6 Å². The number of carbonyl (C=O) groups is 2. The normalized spacial score (nSPS) is 11.0. The Labute approximate surface area is 149 Å². The Morgan fingerprint density at radius 2 is 1.88 bits per heavy atom. The fourth-order valence-electron chi connectivity index (χ4n) is 2.57. The molecule has 132 valence electrons. The predicted molar refractivity (Wildman–Crippen MR) is 97.5 cm³/mol. The lowest BCUT2D eigenvalue weighted by molar-refractivity contribution is -0.120. The SMILES string of the molecule is Cc1[nH]c2ccccc2c1/C=N\NC(=O)CNC(=O)c1ccccc1F. The molecule has 2 amide bonds. The number of carbonyl (C=O) groups excluding carboxylic acids is 2. The number of H-pyrrole nitrogens is 1. The maximum absolute atomic E-state index is 13.5. The summed E-state index contributed by atoms with van der Waals surface area (Å²) in [6.07, 6.45) is 1.55. The summed E-state index contributed by atoms with van der Waals surface area (Å²) in [4.78, 5) is 26.9. The Kier molecular flexibility index (Phi) is 5.07. The second-order valence-electron chi connectivity index (χ2n) is 5.66. The van der Waals surface area contributed by atoms with Crippen molar-refractivity contribution in [3.63, 3.8) is 0 Å². The van der Waals surface area contributed by atoms with Crippen LogP contribution >= 0.6 is 0 Å². The van der Waals surface area contributed by atoms with Gasteiger partial charge in [0.2, 0.25) is 0 Å². The van der Waals surface area contributed by atoms with Gasteiger partial charge in [0.25, 0.3) is 11.8 Å². The van der Waals surface area contributed by atoms with E-state index in [2.05, 4.69) is 20.8 Å². The Morgan fingerprint density at radius 1 is 1.15 bits per heavy atom. The van der Waals surface area contributed by atoms with Crippen molar-refractivity contribution in [2.24, 2.45) is 5.10 Å². The highest BCUT2D eigenvalue weighted by Crippen LogP contribution is 2.19. The molecule has 26 heavy (non-hydrogen) atoms. The summed E-state index contributed by atoms with van der Waals surface area (Å²) in [7, 11) is 0. The van der Waals surface area contributed by atoms with Gasteiger partial charge in [-0.1, -0.05) is 30.3 Å². The van der Waals surface area contributed by atoms with E-state index in [1.165, 1.54) is 18.2 Å². The lowest BCUT2D eigenvalue weighted by atomic mass is 10.1. The van der Waals surface area contributed by atoms with Crippen molar-refractivity contribution in [3.05, 3.63) is 71.2 Å². The average Bonchev–Trinajstić information content (AvgIpc) is 2.95. The number of aromatic nitrogens is 1. The summed E-state index contributed by atoms with van der Waals surface area (Å²) in [6, 6.07) is 13.3. The van der Waals surface area contributed by atoms with Crippen molar-refractivity contribution in [2.45, 2.75) is 6.92 Å². The predicted octanol–water partition coefficient (Wildman–Crippen LogP) is 2.50. The van der Waals surface area contributed by atoms with Gasteiger partial charge in [0.05, 0.1) is 18.3 Å². The van der Waals surface area contributed by atoms with E-state index in [0.717, 1.165) is 22.2 Å². The number of hydrogen-bond acceptors (Lipinski definition) is 3. The van der Waals surface area contributed by atoms with E-state index in [0.29, 0.717) is 0 Å². The number of nitrogens with zero attached hydrogens (tertiary/aromatic N) is 1. The lowest BCUT2D eigenvalue weighted by Crippen LogP contribution is -2.35. The summed E-state index contributed by atoms with van der Waals surface area (Å²) in [6.45, 7) is 1.61. The zero-order valence-electron chi connectivity index (χ0n) is 14.0. The zero-order valence-corrected chi connectivity index (χ0v) is 14.0. The van der Waals surface area contributed by atoms with Gasteiger partial charge < -0.3 is 10.3 Å². The van der Waals surface area contributed by atoms with Crippen molar-refractivity contribution in [1.29, 1.82) is 0 Å². The highest BCUT2D eigenvalue weighted by molar-refractivity contribution is 6.01. The van der Waals surface area contributed by atoms with Gasteiger partial charge in [-0.15, -0.1) is 0 Å². The minimum Gasteiger partial charge on any atom is -0.358 e. The Morgan fingerprint density at radius 3 is 2.69 bits per heavy atom. The number of hydrogen-bond donors (Lipinski definition) is 3. The van der Waals surface area contributed by atoms with Gasteiger partial charge >= 0.3 is 0 Å². The van der Waals surface area contributed by atoms with Crippen LogP contribution in [0, 0.1) is 12.7 Å². The van der Waals surface area contributed by atoms with Crippen LogP contribution in [0.2, 0.25) is 0 Å². The number of benzene rings is 2. The fourth-order valence-corrected chi connectivity index (χ4v) is 2.57. The number of aromatic amines is 1. The summed E-state index contributed by atoms with van der Waals surface area (Å²) >= 11 is 0. The molecule has 0 saturated heterocycles. The van der Waals surface area contributed by atoms with Gasteiger partial charge in [0.15, 0.2) is 0 Å². The van der Waals surface area contributed by atoms with Crippen molar-refractivity contribution in [1.82, 2.24) is 15.7 Å². The quantitative estimate of drug-likeness (QED) is 0.487. The first-order chi connectivity index (χ1) is 12.6. The number of hydrazone groups is 1. The number of halogens is 1. The molecule has 0 fully saturated rings. The van der Waals surface area contributed by atoms with Crippen LogP contribution in [0.3, 0.4) is 0 Å². The van der Waals surface area contributed by atoms with E-state index in [1.807, 2.05) is 31.2 Å². The van der Waals surface area contributed by atoms with Crippen LogP contribution in [-0.2, 0) is 4.79 Å². The molecule has 0 aliphatic rings. The molecule has 1 heterocycles. The van der Waals surface area contributed by atoms with Crippen LogP contribution in [0.5, 0.6) is 0 Å². The van der Waals surface area contributed by atoms with Gasteiger partial charge in [0.1, 0.15) is 5.82 Å². The standard InChI is InChI=1S/C19H17FN4O2/c1-12-15(13-6-3-5-9-17(13)23-12)10-22-24-18(25)11-21-19(26)14-7-2-4-8-16(14)20/h2-10,23H,11H2,1H3,(H,21,26)(H,24,25)/b22-10-. The molecule has 1 aromatic heterocycles. The minimum absolute atomic E-state index is 0.113. The molecule has 3 N–H and O–H groups in total. The van der Waals surface area contributed by atoms with Crippen LogP contribution in [0.15, 0.2) is 53.6 Å². The molecule has 3 rings (SSSR count). The fraction of sp³-hybridized carbons (Fsp3) is 0.105. The molecular formula is C19H17FN4O2.